The maximum Gasteiger partial charge on any atom is 0.262 e. The molecule has 1 aliphatic carbocycles. The van der Waals surface area contributed by atoms with Gasteiger partial charge in [-0.1, -0.05) is 29.4 Å². The third-order valence-electron chi connectivity index (χ3n) is 3.16. The molecule has 5 nitrogen and oxygen atoms in total. The molecule has 0 spiro atoms. The largest absolute Gasteiger partial charge is 0.474 e. The Hall–Kier alpha value is -1.86. The van der Waals surface area contributed by atoms with Gasteiger partial charge in [0, 0.05) is 6.20 Å². The molecule has 0 atom stereocenters. The number of hydrogen-bond donors (Lipinski definition) is 1. The van der Waals surface area contributed by atoms with Crippen LogP contribution in [-0.4, -0.2) is 28.2 Å². The molecule has 3 rings (SSSR count). The van der Waals surface area contributed by atoms with E-state index in [2.05, 4.69) is 15.3 Å². The van der Waals surface area contributed by atoms with Crippen molar-refractivity contribution in [1.29, 1.82) is 0 Å². The molecular formula is C15H13ClFN3O2S. The van der Waals surface area contributed by atoms with E-state index in [1.54, 1.807) is 0 Å². The SMILES string of the molecule is CSc1ncc(C(=O)Nc2c(F)cccc2Cl)c(OC2CC2)n1. The smallest absolute Gasteiger partial charge is 0.262 e. The minimum Gasteiger partial charge on any atom is -0.474 e. The number of halogens is 2. The van der Waals surface area contributed by atoms with Crippen molar-refractivity contribution in [2.24, 2.45) is 0 Å². The summed E-state index contributed by atoms with van der Waals surface area (Å²) in [6.07, 6.45) is 5.14. The van der Waals surface area contributed by atoms with E-state index in [0.717, 1.165) is 12.8 Å². The molecular weight excluding hydrogens is 341 g/mol. The Kier molecular flexibility index (Phi) is 4.68. The highest BCUT2D eigenvalue weighted by atomic mass is 35.5. The molecule has 120 valence electrons. The van der Waals surface area contributed by atoms with Gasteiger partial charge in [0.15, 0.2) is 5.16 Å². The average Bonchev–Trinajstić information content (AvgIpc) is 3.34. The molecule has 1 saturated carbocycles. The Morgan fingerprint density at radius 2 is 2.26 bits per heavy atom. The molecule has 23 heavy (non-hydrogen) atoms. The molecule has 1 aromatic heterocycles. The molecule has 1 heterocycles. The van der Waals surface area contributed by atoms with E-state index in [-0.39, 0.29) is 28.3 Å². The number of thioether (sulfide) groups is 1. The summed E-state index contributed by atoms with van der Waals surface area (Å²) < 4.78 is 19.5. The second-order valence-electron chi connectivity index (χ2n) is 4.94. The zero-order chi connectivity index (χ0) is 16.4. The molecule has 0 unspecified atom stereocenters. The van der Waals surface area contributed by atoms with Crippen molar-refractivity contribution >= 4 is 35.0 Å². The van der Waals surface area contributed by atoms with Gasteiger partial charge in [0.05, 0.1) is 10.7 Å². The van der Waals surface area contributed by atoms with Crippen LogP contribution in [0.25, 0.3) is 0 Å². The van der Waals surface area contributed by atoms with Crippen LogP contribution < -0.4 is 10.1 Å². The normalized spacial score (nSPS) is 13.7. The van der Waals surface area contributed by atoms with Crippen molar-refractivity contribution in [3.8, 4) is 5.88 Å². The minimum atomic E-state index is -0.614. The van der Waals surface area contributed by atoms with E-state index in [1.807, 2.05) is 6.26 Å². The third kappa shape index (κ3) is 3.73. The quantitative estimate of drug-likeness (QED) is 0.654. The van der Waals surface area contributed by atoms with Gasteiger partial charge in [0.1, 0.15) is 17.5 Å². The van der Waals surface area contributed by atoms with Crippen molar-refractivity contribution in [2.75, 3.05) is 11.6 Å². The number of hydrogen-bond acceptors (Lipinski definition) is 5. The number of nitrogens with zero attached hydrogens (tertiary/aromatic N) is 2. The average molecular weight is 354 g/mol. The molecule has 0 radical (unpaired) electrons. The number of benzene rings is 1. The van der Waals surface area contributed by atoms with Crippen LogP contribution >= 0.6 is 23.4 Å². The highest BCUT2D eigenvalue weighted by Gasteiger charge is 2.27. The maximum absolute atomic E-state index is 13.8. The van der Waals surface area contributed by atoms with Gasteiger partial charge in [0.2, 0.25) is 5.88 Å². The number of para-hydroxylation sites is 1. The second kappa shape index (κ2) is 6.72. The fraction of sp³-hybridized carbons (Fsp3) is 0.267. The van der Waals surface area contributed by atoms with Crippen LogP contribution in [0.4, 0.5) is 10.1 Å². The van der Waals surface area contributed by atoms with E-state index in [1.165, 1.54) is 36.2 Å². The molecule has 8 heteroatoms. The molecule has 0 aliphatic heterocycles. The standard InChI is InChI=1S/C15H13ClFN3O2S/c1-23-15-18-7-9(14(20-15)22-8-5-6-8)13(21)19-12-10(16)3-2-4-11(12)17/h2-4,7-8H,5-6H2,1H3,(H,19,21). The van der Waals surface area contributed by atoms with Gasteiger partial charge in [-0.25, -0.2) is 9.37 Å². The molecule has 1 aliphatic rings. The monoisotopic (exact) mass is 353 g/mol. The Labute approximate surface area is 141 Å². The van der Waals surface area contributed by atoms with E-state index in [0.29, 0.717) is 5.16 Å². The van der Waals surface area contributed by atoms with Crippen molar-refractivity contribution in [1.82, 2.24) is 9.97 Å². The van der Waals surface area contributed by atoms with E-state index >= 15 is 0 Å². The van der Waals surface area contributed by atoms with Crippen LogP contribution in [-0.2, 0) is 0 Å². The molecule has 0 bridgehead atoms. The predicted octanol–water partition coefficient (Wildman–Crippen LogP) is 3.78. The summed E-state index contributed by atoms with van der Waals surface area (Å²) in [5.41, 5.74) is 0.0690. The first-order valence-electron chi connectivity index (χ1n) is 6.91. The Morgan fingerprint density at radius 1 is 1.48 bits per heavy atom. The maximum atomic E-state index is 13.8. The number of nitrogens with one attached hydrogen (secondary N) is 1. The molecule has 1 amide bonds. The van der Waals surface area contributed by atoms with Gasteiger partial charge in [0.25, 0.3) is 5.91 Å². The zero-order valence-electron chi connectivity index (χ0n) is 12.2. The number of amides is 1. The first-order chi connectivity index (χ1) is 11.1. The molecule has 1 fully saturated rings. The number of carbonyl (C=O) groups is 1. The van der Waals surface area contributed by atoms with Crippen LogP contribution in [0.5, 0.6) is 5.88 Å². The van der Waals surface area contributed by atoms with E-state index in [4.69, 9.17) is 16.3 Å². The third-order valence-corrected chi connectivity index (χ3v) is 4.04. The lowest BCUT2D eigenvalue weighted by atomic mass is 10.2. The lowest BCUT2D eigenvalue weighted by Gasteiger charge is -2.12. The minimum absolute atomic E-state index is 0.0724. The van der Waals surface area contributed by atoms with Gasteiger partial charge < -0.3 is 10.1 Å². The number of rotatable bonds is 5. The number of anilines is 1. The summed E-state index contributed by atoms with van der Waals surface area (Å²) in [6.45, 7) is 0. The Bertz CT molecular complexity index is 735. The zero-order valence-corrected chi connectivity index (χ0v) is 13.7. The van der Waals surface area contributed by atoms with E-state index in [9.17, 15) is 9.18 Å². The summed E-state index contributed by atoms with van der Waals surface area (Å²) in [7, 11) is 0. The van der Waals surface area contributed by atoms with Crippen LogP contribution in [0.1, 0.15) is 23.2 Å². The highest BCUT2D eigenvalue weighted by Crippen LogP contribution is 2.30. The van der Waals surface area contributed by atoms with Crippen LogP contribution in [0.3, 0.4) is 0 Å². The Balaban J connectivity index is 1.89. The van der Waals surface area contributed by atoms with Crippen molar-refractivity contribution in [3.63, 3.8) is 0 Å². The molecule has 1 N–H and O–H groups in total. The van der Waals surface area contributed by atoms with Gasteiger partial charge in [-0.2, -0.15) is 4.98 Å². The fourth-order valence-electron chi connectivity index (χ4n) is 1.84. The van der Waals surface area contributed by atoms with E-state index < -0.39 is 11.7 Å². The molecule has 1 aromatic carbocycles. The van der Waals surface area contributed by atoms with Gasteiger partial charge in [-0.3, -0.25) is 4.79 Å². The van der Waals surface area contributed by atoms with Crippen LogP contribution in [0, 0.1) is 5.82 Å². The highest BCUT2D eigenvalue weighted by molar-refractivity contribution is 7.98. The summed E-state index contributed by atoms with van der Waals surface area (Å²) in [5, 5.41) is 3.07. The molecule has 2 aromatic rings. The summed E-state index contributed by atoms with van der Waals surface area (Å²) in [6, 6.07) is 4.18. The number of aromatic nitrogens is 2. The van der Waals surface area contributed by atoms with Gasteiger partial charge in [-0.05, 0) is 31.2 Å². The molecule has 0 saturated heterocycles. The first-order valence-corrected chi connectivity index (χ1v) is 8.52. The van der Waals surface area contributed by atoms with Crippen LogP contribution in [0.15, 0.2) is 29.6 Å². The Morgan fingerprint density at radius 3 is 2.91 bits per heavy atom. The van der Waals surface area contributed by atoms with Crippen LogP contribution in [0.2, 0.25) is 5.02 Å². The summed E-state index contributed by atoms with van der Waals surface area (Å²) in [5.74, 6) is -0.978. The number of ether oxygens (including phenoxy) is 1. The van der Waals surface area contributed by atoms with Gasteiger partial charge >= 0.3 is 0 Å². The summed E-state index contributed by atoms with van der Waals surface area (Å²) >= 11 is 7.27. The van der Waals surface area contributed by atoms with Crippen molar-refractivity contribution < 1.29 is 13.9 Å². The van der Waals surface area contributed by atoms with Crippen molar-refractivity contribution in [2.45, 2.75) is 24.1 Å². The predicted molar refractivity (Wildman–Crippen MR) is 86.8 cm³/mol. The topological polar surface area (TPSA) is 64.1 Å². The fourth-order valence-corrected chi connectivity index (χ4v) is 2.38. The number of carbonyl (C=O) groups excluding carboxylic acids is 1. The summed E-state index contributed by atoms with van der Waals surface area (Å²) in [4.78, 5) is 20.7. The second-order valence-corrected chi connectivity index (χ2v) is 6.12. The lowest BCUT2D eigenvalue weighted by molar-refractivity contribution is 0.102. The van der Waals surface area contributed by atoms with Crippen molar-refractivity contribution in [3.05, 3.63) is 40.8 Å². The lowest BCUT2D eigenvalue weighted by Crippen LogP contribution is -2.17. The first kappa shape index (κ1) is 16.0. The van der Waals surface area contributed by atoms with Gasteiger partial charge in [-0.15, -0.1) is 0 Å².